The molecule has 1 amide bonds. The second-order valence-corrected chi connectivity index (χ2v) is 11.3. The van der Waals surface area contributed by atoms with Gasteiger partial charge in [-0.1, -0.05) is 30.3 Å². The molecule has 0 fully saturated rings. The number of amides is 1. The Labute approximate surface area is 207 Å². The van der Waals surface area contributed by atoms with Gasteiger partial charge >= 0.3 is 0 Å². The van der Waals surface area contributed by atoms with Gasteiger partial charge in [0.15, 0.2) is 0 Å². The van der Waals surface area contributed by atoms with Crippen LogP contribution in [0.25, 0.3) is 11.1 Å². The van der Waals surface area contributed by atoms with Crippen LogP contribution in [0.1, 0.15) is 34.0 Å². The van der Waals surface area contributed by atoms with Crippen molar-refractivity contribution in [1.82, 2.24) is 9.62 Å². The van der Waals surface area contributed by atoms with E-state index in [9.17, 15) is 14.1 Å². The standard InChI is InChI=1S/C27H32N4O3S/c1-18-7-12-23(15-25(18)20-8-10-21(11-9-20)27(33)29-16-19(2)32)30-26-6-4-5-22-17-31(35(3,28)34)14-13-24(22)26/h4-12,15,19,28,30,32H,13-14,16-17H2,1-3H3,(H,29,33). The monoisotopic (exact) mass is 492 g/mol. The Morgan fingerprint density at radius 1 is 1.17 bits per heavy atom. The number of aryl methyl sites for hydroxylation is 1. The third-order valence-electron chi connectivity index (χ3n) is 6.26. The van der Waals surface area contributed by atoms with Crippen LogP contribution >= 0.6 is 0 Å². The van der Waals surface area contributed by atoms with Crippen molar-refractivity contribution in [2.75, 3.05) is 24.7 Å². The largest absolute Gasteiger partial charge is 0.392 e. The second kappa shape index (κ2) is 10.2. The molecule has 2 atom stereocenters. The van der Waals surface area contributed by atoms with E-state index < -0.39 is 16.0 Å². The number of carbonyl (C=O) groups is 1. The molecular formula is C27H32N4O3S. The van der Waals surface area contributed by atoms with Crippen molar-refractivity contribution in [2.45, 2.75) is 32.9 Å². The van der Waals surface area contributed by atoms with Gasteiger partial charge in [0.2, 0.25) is 0 Å². The summed E-state index contributed by atoms with van der Waals surface area (Å²) in [5, 5.41) is 15.6. The van der Waals surface area contributed by atoms with Crippen molar-refractivity contribution in [3.05, 3.63) is 82.9 Å². The van der Waals surface area contributed by atoms with Crippen LogP contribution in [0.3, 0.4) is 0 Å². The summed E-state index contributed by atoms with van der Waals surface area (Å²) >= 11 is 0. The third kappa shape index (κ3) is 5.90. The Morgan fingerprint density at radius 2 is 1.91 bits per heavy atom. The minimum Gasteiger partial charge on any atom is -0.392 e. The van der Waals surface area contributed by atoms with E-state index in [2.05, 4.69) is 35.8 Å². The Kier molecular flexibility index (Phi) is 7.25. The van der Waals surface area contributed by atoms with Gasteiger partial charge in [0.1, 0.15) is 9.92 Å². The number of hydrogen-bond donors (Lipinski definition) is 4. The van der Waals surface area contributed by atoms with Crippen molar-refractivity contribution in [3.8, 4) is 11.1 Å². The number of nitrogens with one attached hydrogen (secondary N) is 3. The summed E-state index contributed by atoms with van der Waals surface area (Å²) in [6.07, 6.45) is 1.62. The fourth-order valence-corrected chi connectivity index (χ4v) is 5.13. The molecule has 0 spiro atoms. The number of aliphatic hydroxyl groups excluding tert-OH is 1. The molecule has 184 valence electrons. The molecule has 0 saturated carbocycles. The fraction of sp³-hybridized carbons (Fsp3) is 0.296. The number of fused-ring (bicyclic) bond motifs is 1. The van der Waals surface area contributed by atoms with E-state index in [0.29, 0.717) is 18.7 Å². The first kappa shape index (κ1) is 24.9. The maximum Gasteiger partial charge on any atom is 0.251 e. The van der Waals surface area contributed by atoms with E-state index in [1.165, 1.54) is 11.8 Å². The van der Waals surface area contributed by atoms with Gasteiger partial charge in [0.05, 0.1) is 6.10 Å². The van der Waals surface area contributed by atoms with Crippen LogP contribution in [0.2, 0.25) is 0 Å². The molecule has 3 aromatic carbocycles. The molecule has 0 aromatic heterocycles. The number of nitrogens with zero attached hydrogens (tertiary/aromatic N) is 1. The fourth-order valence-electron chi connectivity index (χ4n) is 4.31. The van der Waals surface area contributed by atoms with Crippen LogP contribution in [-0.4, -0.2) is 45.0 Å². The zero-order valence-corrected chi connectivity index (χ0v) is 21.1. The quantitative estimate of drug-likeness (QED) is 0.391. The van der Waals surface area contributed by atoms with Gasteiger partial charge in [-0.15, -0.1) is 0 Å². The van der Waals surface area contributed by atoms with Crippen molar-refractivity contribution in [2.24, 2.45) is 0 Å². The first-order valence-corrected chi connectivity index (χ1v) is 13.6. The molecule has 4 N–H and O–H groups in total. The SMILES string of the molecule is Cc1ccc(Nc2cccc3c2CCN(S(C)(=N)=O)C3)cc1-c1ccc(C(=O)NCC(C)O)cc1. The number of hydrogen-bond acceptors (Lipinski definition) is 5. The molecule has 2 unspecified atom stereocenters. The van der Waals surface area contributed by atoms with Crippen molar-refractivity contribution in [3.63, 3.8) is 0 Å². The topological polar surface area (TPSA) is 106 Å². The van der Waals surface area contributed by atoms with E-state index in [-0.39, 0.29) is 12.5 Å². The summed E-state index contributed by atoms with van der Waals surface area (Å²) in [6.45, 7) is 5.02. The van der Waals surface area contributed by atoms with Crippen molar-refractivity contribution >= 4 is 27.2 Å². The average Bonchev–Trinajstić information content (AvgIpc) is 2.83. The molecule has 4 rings (SSSR count). The highest BCUT2D eigenvalue weighted by Crippen LogP contribution is 2.32. The van der Waals surface area contributed by atoms with Crippen LogP contribution in [0, 0.1) is 11.7 Å². The van der Waals surface area contributed by atoms with Crippen LogP contribution in [0.5, 0.6) is 0 Å². The number of anilines is 2. The van der Waals surface area contributed by atoms with Gasteiger partial charge in [-0.3, -0.25) is 4.79 Å². The maximum absolute atomic E-state index is 12.3. The molecular weight excluding hydrogens is 460 g/mol. The smallest absolute Gasteiger partial charge is 0.251 e. The van der Waals surface area contributed by atoms with Gasteiger partial charge in [0, 0.05) is 42.8 Å². The molecule has 1 aliphatic rings. The number of aliphatic hydroxyl groups is 1. The predicted octanol–water partition coefficient (Wildman–Crippen LogP) is 4.47. The summed E-state index contributed by atoms with van der Waals surface area (Å²) in [6, 6.07) is 19.8. The normalized spacial score (nSPS) is 16.1. The van der Waals surface area contributed by atoms with E-state index >= 15 is 0 Å². The van der Waals surface area contributed by atoms with Gasteiger partial charge in [-0.05, 0) is 78.4 Å². The summed E-state index contributed by atoms with van der Waals surface area (Å²) < 4.78 is 21.8. The minimum atomic E-state index is -2.72. The summed E-state index contributed by atoms with van der Waals surface area (Å²) in [5.41, 5.74) is 8.03. The Bertz CT molecular complexity index is 1340. The van der Waals surface area contributed by atoms with Gasteiger partial charge in [-0.25, -0.2) is 13.3 Å². The van der Waals surface area contributed by atoms with Gasteiger partial charge < -0.3 is 15.7 Å². The first-order valence-electron chi connectivity index (χ1n) is 11.7. The number of rotatable bonds is 7. The Balaban J connectivity index is 1.55. The lowest BCUT2D eigenvalue weighted by atomic mass is 9.97. The van der Waals surface area contributed by atoms with E-state index in [4.69, 9.17) is 4.78 Å². The molecule has 0 aliphatic carbocycles. The van der Waals surface area contributed by atoms with E-state index in [1.54, 1.807) is 23.4 Å². The number of benzene rings is 3. The Hall–Kier alpha value is -3.20. The lowest BCUT2D eigenvalue weighted by Crippen LogP contribution is -2.34. The molecule has 35 heavy (non-hydrogen) atoms. The van der Waals surface area contributed by atoms with Crippen LogP contribution < -0.4 is 10.6 Å². The van der Waals surface area contributed by atoms with Crippen molar-refractivity contribution < 1.29 is 14.1 Å². The second-order valence-electron chi connectivity index (χ2n) is 9.15. The average molecular weight is 493 g/mol. The van der Waals surface area contributed by atoms with E-state index in [0.717, 1.165) is 40.0 Å². The molecule has 3 aromatic rings. The van der Waals surface area contributed by atoms with Crippen LogP contribution in [0.15, 0.2) is 60.7 Å². The highest BCUT2D eigenvalue weighted by Gasteiger charge is 2.23. The molecule has 0 bridgehead atoms. The maximum atomic E-state index is 12.3. The van der Waals surface area contributed by atoms with Crippen LogP contribution in [-0.2, 0) is 22.9 Å². The van der Waals surface area contributed by atoms with Crippen molar-refractivity contribution in [1.29, 1.82) is 4.78 Å². The third-order valence-corrected chi connectivity index (χ3v) is 7.55. The summed E-state index contributed by atoms with van der Waals surface area (Å²) in [4.78, 5) is 12.3. The lowest BCUT2D eigenvalue weighted by Gasteiger charge is -2.30. The molecule has 1 aliphatic heterocycles. The molecule has 1 heterocycles. The molecule has 8 heteroatoms. The minimum absolute atomic E-state index is 0.207. The van der Waals surface area contributed by atoms with Gasteiger partial charge in [-0.2, -0.15) is 0 Å². The highest BCUT2D eigenvalue weighted by atomic mass is 32.2. The highest BCUT2D eigenvalue weighted by molar-refractivity contribution is 7.89. The zero-order chi connectivity index (χ0) is 25.2. The first-order chi connectivity index (χ1) is 16.6. The van der Waals surface area contributed by atoms with Crippen LogP contribution in [0.4, 0.5) is 11.4 Å². The van der Waals surface area contributed by atoms with Gasteiger partial charge in [0.25, 0.3) is 5.91 Å². The predicted molar refractivity (Wildman–Crippen MR) is 141 cm³/mol. The summed E-state index contributed by atoms with van der Waals surface area (Å²) in [7, 11) is -2.72. The number of carbonyl (C=O) groups excluding carboxylic acids is 1. The molecule has 7 nitrogen and oxygen atoms in total. The molecule has 0 radical (unpaired) electrons. The Morgan fingerprint density at radius 3 is 2.60 bits per heavy atom. The van der Waals surface area contributed by atoms with E-state index in [1.807, 2.05) is 30.3 Å². The zero-order valence-electron chi connectivity index (χ0n) is 20.3. The lowest BCUT2D eigenvalue weighted by molar-refractivity contribution is 0.0924. The molecule has 0 saturated heterocycles. The summed E-state index contributed by atoms with van der Waals surface area (Å²) in [5.74, 6) is -0.207.